The molecule has 26 heavy (non-hydrogen) atoms. The van der Waals surface area contributed by atoms with Crippen LogP contribution in [0.5, 0.6) is 0 Å². The average molecular weight is 363 g/mol. The quantitative estimate of drug-likeness (QED) is 0.448. The summed E-state index contributed by atoms with van der Waals surface area (Å²) < 4.78 is 10.9. The van der Waals surface area contributed by atoms with Gasteiger partial charge in [0.05, 0.1) is 12.4 Å². The predicted octanol–water partition coefficient (Wildman–Crippen LogP) is 4.73. The molecule has 4 nitrogen and oxygen atoms in total. The van der Waals surface area contributed by atoms with E-state index in [1.807, 2.05) is 0 Å². The number of ether oxygens (including phenoxy) is 2. The second kappa shape index (κ2) is 7.12. The van der Waals surface area contributed by atoms with Crippen molar-refractivity contribution < 1.29 is 19.4 Å². The predicted molar refractivity (Wildman–Crippen MR) is 101 cm³/mol. The van der Waals surface area contributed by atoms with E-state index in [1.165, 1.54) is 44.4 Å². The topological polar surface area (TPSA) is 55.8 Å². The first kappa shape index (κ1) is 19.6. The molecule has 2 aliphatic carbocycles. The number of allylic oxidation sites excluding steroid dienone is 1. The average Bonchev–Trinajstić information content (AvgIpc) is 2.88. The molecular formula is C22H34O4. The van der Waals surface area contributed by atoms with Crippen molar-refractivity contribution in [3.05, 3.63) is 24.0 Å². The highest BCUT2D eigenvalue weighted by Crippen LogP contribution is 2.62. The van der Waals surface area contributed by atoms with Crippen LogP contribution in [0.4, 0.5) is 0 Å². The summed E-state index contributed by atoms with van der Waals surface area (Å²) >= 11 is 0. The first-order valence-corrected chi connectivity index (χ1v) is 10.0. The Morgan fingerprint density at radius 1 is 1.38 bits per heavy atom. The highest BCUT2D eigenvalue weighted by Gasteiger charge is 2.53. The van der Waals surface area contributed by atoms with Crippen LogP contribution in [0.25, 0.3) is 0 Å². The minimum absolute atomic E-state index is 0.202. The van der Waals surface area contributed by atoms with Gasteiger partial charge >= 0.3 is 5.97 Å². The van der Waals surface area contributed by atoms with Crippen LogP contribution in [0.1, 0.15) is 72.6 Å². The smallest absolute Gasteiger partial charge is 0.307 e. The molecule has 0 aromatic heterocycles. The highest BCUT2D eigenvalue weighted by molar-refractivity contribution is 5.66. The van der Waals surface area contributed by atoms with Crippen molar-refractivity contribution in [3.63, 3.8) is 0 Å². The molecule has 0 spiro atoms. The van der Waals surface area contributed by atoms with E-state index in [4.69, 9.17) is 9.47 Å². The second-order valence-corrected chi connectivity index (χ2v) is 9.47. The number of esters is 1. The largest absolute Gasteiger partial charge is 0.435 e. The Balaban J connectivity index is 1.83. The monoisotopic (exact) mass is 362 g/mol. The Morgan fingerprint density at radius 2 is 2.12 bits per heavy atom. The standard InChI is InChI=1S/C22H34O4/c1-14-7-8-19-21(3,4)9-6-10-22(19,5)17(14)12-18-16(11-20(24)26-18)13-25-15(2)23/h13,17-20,24H,1,6-12H2,2-5H3/b16-13-/t17-,18+,19-,20?,22+/m0/s1. The molecule has 0 aromatic carbocycles. The molecule has 4 heteroatoms. The third-order valence-corrected chi connectivity index (χ3v) is 7.29. The summed E-state index contributed by atoms with van der Waals surface area (Å²) in [6.07, 6.45) is 7.76. The summed E-state index contributed by atoms with van der Waals surface area (Å²) in [5.41, 5.74) is 2.78. The number of hydrogen-bond donors (Lipinski definition) is 1. The van der Waals surface area contributed by atoms with E-state index in [0.29, 0.717) is 23.7 Å². The minimum atomic E-state index is -0.815. The lowest BCUT2D eigenvalue weighted by Crippen LogP contribution is -2.50. The number of carbonyl (C=O) groups excluding carboxylic acids is 1. The summed E-state index contributed by atoms with van der Waals surface area (Å²) in [7, 11) is 0. The molecule has 3 aliphatic rings. The summed E-state index contributed by atoms with van der Waals surface area (Å²) in [4.78, 5) is 11.2. The molecule has 1 unspecified atom stereocenters. The van der Waals surface area contributed by atoms with Crippen molar-refractivity contribution >= 4 is 5.97 Å². The zero-order valence-corrected chi connectivity index (χ0v) is 16.7. The van der Waals surface area contributed by atoms with Crippen LogP contribution in [-0.4, -0.2) is 23.5 Å². The SMILES string of the molecule is C=C1CC[C@H]2C(C)(C)CCC[C@]2(C)[C@H]1C[C@H]1OC(O)C/C1=C/OC(C)=O. The molecule has 3 fully saturated rings. The maximum Gasteiger partial charge on any atom is 0.307 e. The Hall–Kier alpha value is -1.13. The van der Waals surface area contributed by atoms with E-state index in [9.17, 15) is 9.90 Å². The lowest BCUT2D eigenvalue weighted by atomic mass is 9.47. The maximum absolute atomic E-state index is 11.2. The Labute approximate surface area is 157 Å². The summed E-state index contributed by atoms with van der Waals surface area (Å²) in [5.74, 6) is 0.712. The van der Waals surface area contributed by atoms with Gasteiger partial charge in [0.2, 0.25) is 0 Å². The first-order chi connectivity index (χ1) is 12.1. The van der Waals surface area contributed by atoms with Crippen molar-refractivity contribution in [2.45, 2.75) is 85.0 Å². The van der Waals surface area contributed by atoms with Crippen LogP contribution < -0.4 is 0 Å². The van der Waals surface area contributed by atoms with Gasteiger partial charge in [-0.1, -0.05) is 39.3 Å². The van der Waals surface area contributed by atoms with Gasteiger partial charge in [-0.3, -0.25) is 4.79 Å². The van der Waals surface area contributed by atoms with Gasteiger partial charge in [-0.15, -0.1) is 0 Å². The molecule has 1 aliphatic heterocycles. The summed E-state index contributed by atoms with van der Waals surface area (Å²) in [5, 5.41) is 9.98. The number of aliphatic hydroxyl groups is 1. The number of fused-ring (bicyclic) bond motifs is 1. The second-order valence-electron chi connectivity index (χ2n) is 9.47. The van der Waals surface area contributed by atoms with E-state index in [1.54, 1.807) is 0 Å². The first-order valence-electron chi connectivity index (χ1n) is 10.0. The summed E-state index contributed by atoms with van der Waals surface area (Å²) in [6, 6.07) is 0. The number of hydrogen-bond acceptors (Lipinski definition) is 4. The zero-order chi connectivity index (χ0) is 19.1. The van der Waals surface area contributed by atoms with E-state index < -0.39 is 6.29 Å². The van der Waals surface area contributed by atoms with Gasteiger partial charge in [0, 0.05) is 13.3 Å². The Kier molecular flexibility index (Phi) is 5.38. The van der Waals surface area contributed by atoms with Crippen LogP contribution in [0.2, 0.25) is 0 Å². The molecule has 2 saturated carbocycles. The molecule has 1 N–H and O–H groups in total. The molecule has 5 atom stereocenters. The Morgan fingerprint density at radius 3 is 2.81 bits per heavy atom. The zero-order valence-electron chi connectivity index (χ0n) is 16.7. The van der Waals surface area contributed by atoms with E-state index in [-0.39, 0.29) is 17.5 Å². The lowest BCUT2D eigenvalue weighted by molar-refractivity contribution is -0.135. The van der Waals surface area contributed by atoms with Crippen molar-refractivity contribution in [1.82, 2.24) is 0 Å². The molecule has 3 rings (SSSR count). The molecule has 1 heterocycles. The van der Waals surface area contributed by atoms with Crippen molar-refractivity contribution in [1.29, 1.82) is 0 Å². The van der Waals surface area contributed by atoms with Crippen LogP contribution >= 0.6 is 0 Å². The molecule has 146 valence electrons. The van der Waals surface area contributed by atoms with Gasteiger partial charge in [-0.05, 0) is 60.3 Å². The van der Waals surface area contributed by atoms with Gasteiger partial charge < -0.3 is 14.6 Å². The molecule has 1 saturated heterocycles. The normalized spacial score (nSPS) is 41.1. The fourth-order valence-corrected chi connectivity index (χ4v) is 6.07. The van der Waals surface area contributed by atoms with Crippen LogP contribution in [0.15, 0.2) is 24.0 Å². The van der Waals surface area contributed by atoms with E-state index in [2.05, 4.69) is 27.4 Å². The number of aliphatic hydroxyl groups excluding tert-OH is 1. The van der Waals surface area contributed by atoms with Gasteiger partial charge in [-0.2, -0.15) is 0 Å². The van der Waals surface area contributed by atoms with Gasteiger partial charge in [0.15, 0.2) is 6.29 Å². The molecule has 0 aromatic rings. The van der Waals surface area contributed by atoms with Gasteiger partial charge in [0.1, 0.15) is 0 Å². The van der Waals surface area contributed by atoms with Crippen LogP contribution in [0.3, 0.4) is 0 Å². The van der Waals surface area contributed by atoms with Crippen molar-refractivity contribution in [3.8, 4) is 0 Å². The van der Waals surface area contributed by atoms with Gasteiger partial charge in [-0.25, -0.2) is 0 Å². The van der Waals surface area contributed by atoms with Crippen LogP contribution in [0, 0.1) is 22.7 Å². The van der Waals surface area contributed by atoms with Gasteiger partial charge in [0.25, 0.3) is 0 Å². The van der Waals surface area contributed by atoms with Crippen LogP contribution in [-0.2, 0) is 14.3 Å². The number of carbonyl (C=O) groups is 1. The fraction of sp³-hybridized carbons (Fsp3) is 0.773. The van der Waals surface area contributed by atoms with Crippen molar-refractivity contribution in [2.24, 2.45) is 22.7 Å². The molecule has 0 radical (unpaired) electrons. The van der Waals surface area contributed by atoms with E-state index >= 15 is 0 Å². The molecule has 0 bridgehead atoms. The minimum Gasteiger partial charge on any atom is -0.435 e. The molecule has 0 amide bonds. The third-order valence-electron chi connectivity index (χ3n) is 7.29. The highest BCUT2D eigenvalue weighted by atomic mass is 16.6. The maximum atomic E-state index is 11.2. The Bertz CT molecular complexity index is 605. The van der Waals surface area contributed by atoms with Crippen molar-refractivity contribution in [2.75, 3.05) is 0 Å². The fourth-order valence-electron chi connectivity index (χ4n) is 6.07. The van der Waals surface area contributed by atoms with E-state index in [0.717, 1.165) is 18.4 Å². The lowest BCUT2D eigenvalue weighted by Gasteiger charge is -2.58. The number of rotatable bonds is 3. The third kappa shape index (κ3) is 3.63. The summed E-state index contributed by atoms with van der Waals surface area (Å²) in [6.45, 7) is 13.1. The molecular weight excluding hydrogens is 328 g/mol.